The minimum absolute atomic E-state index is 0.341. The van der Waals surface area contributed by atoms with Gasteiger partial charge in [-0.1, -0.05) is 42.5 Å². The Morgan fingerprint density at radius 2 is 1.78 bits per heavy atom. The van der Waals surface area contributed by atoms with Crippen molar-refractivity contribution in [2.24, 2.45) is 0 Å². The molecule has 0 saturated heterocycles. The fourth-order valence-corrected chi connectivity index (χ4v) is 2.41. The number of halogens is 2. The Labute approximate surface area is 114 Å². The van der Waals surface area contributed by atoms with Crippen molar-refractivity contribution in [3.05, 3.63) is 69.9 Å². The third kappa shape index (κ3) is 3.18. The number of hydrogen-bond acceptors (Lipinski definition) is 1. The van der Waals surface area contributed by atoms with E-state index in [0.717, 1.165) is 6.42 Å². The molecule has 0 amide bonds. The predicted octanol–water partition coefficient (Wildman–Crippen LogP) is 4.25. The summed E-state index contributed by atoms with van der Waals surface area (Å²) in [7, 11) is 0. The van der Waals surface area contributed by atoms with Crippen molar-refractivity contribution in [2.45, 2.75) is 18.9 Å². The van der Waals surface area contributed by atoms with Crippen molar-refractivity contribution < 1.29 is 9.50 Å². The maximum absolute atomic E-state index is 13.3. The van der Waals surface area contributed by atoms with Crippen LogP contribution in [0.2, 0.25) is 0 Å². The van der Waals surface area contributed by atoms with Gasteiger partial charge in [0.15, 0.2) is 0 Å². The van der Waals surface area contributed by atoms with Crippen molar-refractivity contribution in [3.8, 4) is 0 Å². The second kappa shape index (κ2) is 6.12. The fraction of sp³-hybridized carbons (Fsp3) is 0.200. The Bertz CT molecular complexity index is 513. The fourth-order valence-electron chi connectivity index (χ4n) is 1.88. The van der Waals surface area contributed by atoms with Crippen molar-refractivity contribution in [2.75, 3.05) is 0 Å². The van der Waals surface area contributed by atoms with Gasteiger partial charge >= 0.3 is 0 Å². The predicted molar refractivity (Wildman–Crippen MR) is 73.8 cm³/mol. The Morgan fingerprint density at radius 3 is 2.50 bits per heavy atom. The minimum Gasteiger partial charge on any atom is -0.388 e. The van der Waals surface area contributed by atoms with Gasteiger partial charge in [0.05, 0.1) is 10.6 Å². The summed E-state index contributed by atoms with van der Waals surface area (Å²) >= 11 is 3.17. The van der Waals surface area contributed by atoms with Gasteiger partial charge in [-0.05, 0) is 46.0 Å². The molecule has 0 saturated carbocycles. The van der Waals surface area contributed by atoms with Gasteiger partial charge in [-0.2, -0.15) is 0 Å². The molecule has 0 aliphatic rings. The van der Waals surface area contributed by atoms with Crippen LogP contribution in [0.15, 0.2) is 53.0 Å². The summed E-state index contributed by atoms with van der Waals surface area (Å²) in [4.78, 5) is 0. The van der Waals surface area contributed by atoms with Gasteiger partial charge in [0.1, 0.15) is 5.82 Å². The second-order valence-corrected chi connectivity index (χ2v) is 4.98. The van der Waals surface area contributed by atoms with Gasteiger partial charge < -0.3 is 5.11 Å². The lowest BCUT2D eigenvalue weighted by molar-refractivity contribution is 0.166. The molecule has 18 heavy (non-hydrogen) atoms. The molecule has 3 heteroatoms. The molecule has 0 spiro atoms. The van der Waals surface area contributed by atoms with Crippen molar-refractivity contribution in [1.29, 1.82) is 0 Å². The number of rotatable bonds is 4. The molecule has 2 rings (SSSR count). The van der Waals surface area contributed by atoms with E-state index < -0.39 is 6.10 Å². The van der Waals surface area contributed by atoms with E-state index in [2.05, 4.69) is 15.9 Å². The number of aliphatic hydroxyl groups is 1. The summed E-state index contributed by atoms with van der Waals surface area (Å²) in [5.74, 6) is -0.341. The van der Waals surface area contributed by atoms with Crippen LogP contribution in [0.1, 0.15) is 23.7 Å². The summed E-state index contributed by atoms with van der Waals surface area (Å²) in [6, 6.07) is 14.7. The number of benzene rings is 2. The highest BCUT2D eigenvalue weighted by atomic mass is 79.9. The lowest BCUT2D eigenvalue weighted by Gasteiger charge is -2.13. The Balaban J connectivity index is 2.04. The van der Waals surface area contributed by atoms with E-state index in [4.69, 9.17) is 0 Å². The highest BCUT2D eigenvalue weighted by Crippen LogP contribution is 2.28. The molecule has 0 radical (unpaired) electrons. The van der Waals surface area contributed by atoms with Crippen LogP contribution in [-0.2, 0) is 6.42 Å². The maximum Gasteiger partial charge on any atom is 0.137 e. The summed E-state index contributed by atoms with van der Waals surface area (Å²) in [6.07, 6.45) is 0.687. The third-order valence-electron chi connectivity index (χ3n) is 2.89. The summed E-state index contributed by atoms with van der Waals surface area (Å²) in [5.41, 5.74) is 1.77. The zero-order chi connectivity index (χ0) is 13.0. The van der Waals surface area contributed by atoms with Crippen LogP contribution in [0.4, 0.5) is 4.39 Å². The smallest absolute Gasteiger partial charge is 0.137 e. The van der Waals surface area contributed by atoms with E-state index in [1.807, 2.05) is 30.3 Å². The van der Waals surface area contributed by atoms with E-state index in [-0.39, 0.29) is 5.82 Å². The van der Waals surface area contributed by atoms with Crippen molar-refractivity contribution >= 4 is 15.9 Å². The van der Waals surface area contributed by atoms with Gasteiger partial charge in [-0.25, -0.2) is 4.39 Å². The Hall–Kier alpha value is -1.19. The summed E-state index contributed by atoms with van der Waals surface area (Å²) in [5, 5.41) is 10.1. The largest absolute Gasteiger partial charge is 0.388 e. The average Bonchev–Trinajstić information content (AvgIpc) is 2.40. The van der Waals surface area contributed by atoms with Crippen LogP contribution in [0.25, 0.3) is 0 Å². The molecule has 2 aromatic carbocycles. The zero-order valence-electron chi connectivity index (χ0n) is 9.81. The molecule has 2 aromatic rings. The lowest BCUT2D eigenvalue weighted by atomic mass is 10.0. The van der Waals surface area contributed by atoms with Gasteiger partial charge in [-0.15, -0.1) is 0 Å². The lowest BCUT2D eigenvalue weighted by Crippen LogP contribution is -2.01. The van der Waals surface area contributed by atoms with Gasteiger partial charge in [0, 0.05) is 0 Å². The number of aliphatic hydroxyl groups excluding tert-OH is 1. The Morgan fingerprint density at radius 1 is 1.06 bits per heavy atom. The molecule has 1 unspecified atom stereocenters. The number of aryl methyl sites for hydroxylation is 1. The van der Waals surface area contributed by atoms with Crippen molar-refractivity contribution in [1.82, 2.24) is 0 Å². The normalized spacial score (nSPS) is 12.4. The first-order valence-electron chi connectivity index (χ1n) is 5.84. The van der Waals surface area contributed by atoms with Gasteiger partial charge in [0.2, 0.25) is 0 Å². The molecule has 0 bridgehead atoms. The van der Waals surface area contributed by atoms with Crippen LogP contribution < -0.4 is 0 Å². The molecular weight excluding hydrogens is 295 g/mol. The first-order chi connectivity index (χ1) is 8.68. The Kier molecular flexibility index (Phi) is 4.50. The highest BCUT2D eigenvalue weighted by Gasteiger charge is 2.13. The van der Waals surface area contributed by atoms with Crippen LogP contribution >= 0.6 is 15.9 Å². The first-order valence-corrected chi connectivity index (χ1v) is 6.63. The molecule has 94 valence electrons. The molecule has 0 heterocycles. The maximum atomic E-state index is 13.3. The van der Waals surface area contributed by atoms with E-state index in [0.29, 0.717) is 16.5 Å². The molecular formula is C15H14BrFO. The van der Waals surface area contributed by atoms with Crippen LogP contribution in [0, 0.1) is 5.82 Å². The molecule has 0 aliphatic heterocycles. The molecule has 0 fully saturated rings. The second-order valence-electron chi connectivity index (χ2n) is 4.18. The van der Waals surface area contributed by atoms with E-state index in [9.17, 15) is 9.50 Å². The third-order valence-corrected chi connectivity index (χ3v) is 3.73. The minimum atomic E-state index is -0.657. The molecule has 1 nitrogen and oxygen atoms in total. The molecule has 0 aromatic heterocycles. The first kappa shape index (κ1) is 13.2. The quantitative estimate of drug-likeness (QED) is 0.895. The van der Waals surface area contributed by atoms with E-state index >= 15 is 0 Å². The van der Waals surface area contributed by atoms with Gasteiger partial charge in [0.25, 0.3) is 0 Å². The van der Waals surface area contributed by atoms with Gasteiger partial charge in [-0.3, -0.25) is 0 Å². The average molecular weight is 309 g/mol. The highest BCUT2D eigenvalue weighted by molar-refractivity contribution is 9.10. The zero-order valence-corrected chi connectivity index (χ0v) is 11.4. The molecule has 1 N–H and O–H groups in total. The summed E-state index contributed by atoms with van der Waals surface area (Å²) in [6.45, 7) is 0. The number of hydrogen-bond donors (Lipinski definition) is 1. The van der Waals surface area contributed by atoms with Crippen LogP contribution in [0.3, 0.4) is 0 Å². The standard InChI is InChI=1S/C15H14BrFO/c16-15-12(7-4-8-13(15)17)14(18)10-9-11-5-2-1-3-6-11/h1-8,14,18H,9-10H2. The molecule has 1 atom stereocenters. The van der Waals surface area contributed by atoms with Crippen molar-refractivity contribution in [3.63, 3.8) is 0 Å². The SMILES string of the molecule is OC(CCc1ccccc1)c1cccc(F)c1Br. The van der Waals surface area contributed by atoms with E-state index in [1.54, 1.807) is 12.1 Å². The van der Waals surface area contributed by atoms with Crippen LogP contribution in [-0.4, -0.2) is 5.11 Å². The van der Waals surface area contributed by atoms with Crippen LogP contribution in [0.5, 0.6) is 0 Å². The molecule has 0 aliphatic carbocycles. The topological polar surface area (TPSA) is 20.2 Å². The van der Waals surface area contributed by atoms with E-state index in [1.165, 1.54) is 11.6 Å². The summed E-state index contributed by atoms with van der Waals surface area (Å²) < 4.78 is 13.7. The monoisotopic (exact) mass is 308 g/mol.